The number of phenolic OH excluding ortho intramolecular Hbond substituents is 1. The number of nitrogens with one attached hydrogen (secondary N) is 3. The van der Waals surface area contributed by atoms with Crippen LogP contribution in [0.15, 0.2) is 54.6 Å². The number of hydrogen-bond acceptors (Lipinski definition) is 4. The summed E-state index contributed by atoms with van der Waals surface area (Å²) in [5.41, 5.74) is 1.80. The molecule has 3 amide bonds. The van der Waals surface area contributed by atoms with E-state index in [9.17, 15) is 14.7 Å². The largest absolute Gasteiger partial charge is 0.506 e. The molecule has 0 bridgehead atoms. The first-order chi connectivity index (χ1) is 13.1. The summed E-state index contributed by atoms with van der Waals surface area (Å²) >= 11 is 0. The van der Waals surface area contributed by atoms with Crippen LogP contribution in [0.5, 0.6) is 5.75 Å². The SMILES string of the molecule is O=C(C[NH+]1CCN(c2ccccc2O)CC1)NC(=O)NCc1ccccc1. The van der Waals surface area contributed by atoms with Gasteiger partial charge in [0.1, 0.15) is 5.75 Å². The zero-order valence-corrected chi connectivity index (χ0v) is 15.1. The minimum Gasteiger partial charge on any atom is -0.506 e. The van der Waals surface area contributed by atoms with Crippen molar-refractivity contribution in [3.63, 3.8) is 0 Å². The minimum absolute atomic E-state index is 0.257. The number of amides is 3. The van der Waals surface area contributed by atoms with Crippen molar-refractivity contribution in [2.24, 2.45) is 0 Å². The summed E-state index contributed by atoms with van der Waals surface area (Å²) in [4.78, 5) is 27.2. The molecule has 27 heavy (non-hydrogen) atoms. The van der Waals surface area contributed by atoms with Crippen molar-refractivity contribution in [1.82, 2.24) is 10.6 Å². The van der Waals surface area contributed by atoms with E-state index in [4.69, 9.17) is 0 Å². The predicted molar refractivity (Wildman–Crippen MR) is 103 cm³/mol. The number of carbonyl (C=O) groups is 2. The molecule has 1 heterocycles. The Morgan fingerprint density at radius 3 is 2.37 bits per heavy atom. The lowest BCUT2D eigenvalue weighted by Gasteiger charge is -2.33. The molecule has 0 unspecified atom stereocenters. The van der Waals surface area contributed by atoms with E-state index < -0.39 is 6.03 Å². The fourth-order valence-corrected chi connectivity index (χ4v) is 3.19. The average molecular weight is 369 g/mol. The molecule has 2 aromatic rings. The highest BCUT2D eigenvalue weighted by Gasteiger charge is 2.24. The van der Waals surface area contributed by atoms with Crippen LogP contribution in [-0.2, 0) is 11.3 Å². The number of carbonyl (C=O) groups excluding carboxylic acids is 2. The number of piperazine rings is 1. The van der Waals surface area contributed by atoms with Crippen LogP contribution in [0.25, 0.3) is 0 Å². The molecule has 0 atom stereocenters. The van der Waals surface area contributed by atoms with Crippen LogP contribution in [0, 0.1) is 0 Å². The summed E-state index contributed by atoms with van der Waals surface area (Å²) in [7, 11) is 0. The fourth-order valence-electron chi connectivity index (χ4n) is 3.19. The van der Waals surface area contributed by atoms with E-state index in [1.807, 2.05) is 42.5 Å². The van der Waals surface area contributed by atoms with E-state index in [1.54, 1.807) is 12.1 Å². The summed E-state index contributed by atoms with van der Waals surface area (Å²) in [5, 5.41) is 15.0. The van der Waals surface area contributed by atoms with Crippen LogP contribution in [0.1, 0.15) is 5.56 Å². The van der Waals surface area contributed by atoms with Crippen LogP contribution in [0.4, 0.5) is 10.5 Å². The summed E-state index contributed by atoms with van der Waals surface area (Å²) < 4.78 is 0. The zero-order chi connectivity index (χ0) is 19.1. The minimum atomic E-state index is -0.476. The van der Waals surface area contributed by atoms with Crippen molar-refractivity contribution in [3.8, 4) is 5.75 Å². The standard InChI is InChI=1S/C20H24N4O3/c25-18-9-5-4-8-17(18)24-12-10-23(11-13-24)15-19(26)22-20(27)21-14-16-6-2-1-3-7-16/h1-9,25H,10-15H2,(H2,21,22,26,27)/p+1. The first kappa shape index (κ1) is 18.7. The van der Waals surface area contributed by atoms with Crippen molar-refractivity contribution >= 4 is 17.6 Å². The second-order valence-electron chi connectivity index (χ2n) is 6.62. The lowest BCUT2D eigenvalue weighted by molar-refractivity contribution is -0.892. The molecule has 1 aliphatic heterocycles. The third-order valence-corrected chi connectivity index (χ3v) is 4.65. The van der Waals surface area contributed by atoms with Gasteiger partial charge < -0.3 is 20.2 Å². The fraction of sp³-hybridized carbons (Fsp3) is 0.300. The van der Waals surface area contributed by atoms with E-state index in [-0.39, 0.29) is 18.2 Å². The van der Waals surface area contributed by atoms with Gasteiger partial charge in [-0.25, -0.2) is 4.79 Å². The third-order valence-electron chi connectivity index (χ3n) is 4.65. The van der Waals surface area contributed by atoms with Gasteiger partial charge in [0.05, 0.1) is 31.9 Å². The number of aromatic hydroxyl groups is 1. The first-order valence-electron chi connectivity index (χ1n) is 9.10. The molecule has 142 valence electrons. The van der Waals surface area contributed by atoms with Gasteiger partial charge in [0, 0.05) is 6.54 Å². The summed E-state index contributed by atoms with van der Waals surface area (Å²) in [6.07, 6.45) is 0. The quantitative estimate of drug-likeness (QED) is 0.603. The smallest absolute Gasteiger partial charge is 0.321 e. The van der Waals surface area contributed by atoms with Crippen LogP contribution in [0.2, 0.25) is 0 Å². The Morgan fingerprint density at radius 2 is 1.67 bits per heavy atom. The van der Waals surface area contributed by atoms with Crippen LogP contribution >= 0.6 is 0 Å². The molecule has 0 saturated carbocycles. The third kappa shape index (κ3) is 5.46. The Hall–Kier alpha value is -3.06. The summed E-state index contributed by atoms with van der Waals surface area (Å²) in [5.74, 6) is -0.0136. The average Bonchev–Trinajstić information content (AvgIpc) is 2.68. The molecular formula is C20H25N4O3+. The van der Waals surface area contributed by atoms with E-state index in [0.29, 0.717) is 6.54 Å². The molecule has 4 N–H and O–H groups in total. The number of imide groups is 1. The van der Waals surface area contributed by atoms with Gasteiger partial charge in [0.15, 0.2) is 6.54 Å². The number of hydrogen-bond donors (Lipinski definition) is 4. The molecule has 7 nitrogen and oxygen atoms in total. The van der Waals surface area contributed by atoms with Crippen molar-refractivity contribution in [2.75, 3.05) is 37.6 Å². The van der Waals surface area contributed by atoms with Gasteiger partial charge in [-0.1, -0.05) is 42.5 Å². The lowest BCUT2D eigenvalue weighted by Crippen LogP contribution is -3.16. The Morgan fingerprint density at radius 1 is 1.00 bits per heavy atom. The molecular weight excluding hydrogens is 344 g/mol. The Balaban J connectivity index is 1.39. The molecule has 0 radical (unpaired) electrons. The van der Waals surface area contributed by atoms with E-state index in [2.05, 4.69) is 15.5 Å². The molecule has 0 aliphatic carbocycles. The summed E-state index contributed by atoms with van der Waals surface area (Å²) in [6, 6.07) is 16.3. The normalized spacial score (nSPS) is 14.6. The maximum Gasteiger partial charge on any atom is 0.321 e. The van der Waals surface area contributed by atoms with Crippen LogP contribution < -0.4 is 20.4 Å². The van der Waals surface area contributed by atoms with E-state index >= 15 is 0 Å². The molecule has 2 aromatic carbocycles. The highest BCUT2D eigenvalue weighted by Crippen LogP contribution is 2.25. The second-order valence-corrected chi connectivity index (χ2v) is 6.62. The van der Waals surface area contributed by atoms with Gasteiger partial charge in [-0.3, -0.25) is 10.1 Å². The number of phenols is 1. The van der Waals surface area contributed by atoms with E-state index in [0.717, 1.165) is 42.3 Å². The Labute approximate surface area is 158 Å². The topological polar surface area (TPSA) is 86.1 Å². The highest BCUT2D eigenvalue weighted by atomic mass is 16.3. The highest BCUT2D eigenvalue weighted by molar-refractivity contribution is 5.94. The molecule has 7 heteroatoms. The van der Waals surface area contributed by atoms with Crippen LogP contribution in [0.3, 0.4) is 0 Å². The van der Waals surface area contributed by atoms with Crippen molar-refractivity contribution in [3.05, 3.63) is 60.2 Å². The number of quaternary nitrogens is 1. The zero-order valence-electron chi connectivity index (χ0n) is 15.1. The predicted octanol–water partition coefficient (Wildman–Crippen LogP) is 0.123. The Kier molecular flexibility index (Phi) is 6.27. The van der Waals surface area contributed by atoms with Gasteiger partial charge in [-0.2, -0.15) is 0 Å². The van der Waals surface area contributed by atoms with E-state index in [1.165, 1.54) is 0 Å². The first-order valence-corrected chi connectivity index (χ1v) is 9.10. The lowest BCUT2D eigenvalue weighted by atomic mass is 10.2. The Bertz CT molecular complexity index is 774. The van der Waals surface area contributed by atoms with Crippen molar-refractivity contribution in [2.45, 2.75) is 6.54 Å². The molecule has 1 saturated heterocycles. The number of rotatable bonds is 5. The molecule has 0 aromatic heterocycles. The van der Waals surface area contributed by atoms with Gasteiger partial charge in [-0.05, 0) is 17.7 Å². The monoisotopic (exact) mass is 369 g/mol. The van der Waals surface area contributed by atoms with Crippen LogP contribution in [-0.4, -0.2) is 49.8 Å². The number of nitrogens with zero attached hydrogens (tertiary/aromatic N) is 1. The molecule has 1 aliphatic rings. The van der Waals surface area contributed by atoms with Gasteiger partial charge in [0.25, 0.3) is 5.91 Å². The number of anilines is 1. The van der Waals surface area contributed by atoms with Gasteiger partial charge >= 0.3 is 6.03 Å². The summed E-state index contributed by atoms with van der Waals surface area (Å²) in [6.45, 7) is 3.68. The molecule has 1 fully saturated rings. The second kappa shape index (κ2) is 9.05. The number of para-hydroxylation sites is 2. The molecule has 0 spiro atoms. The molecule has 3 rings (SSSR count). The van der Waals surface area contributed by atoms with Gasteiger partial charge in [-0.15, -0.1) is 0 Å². The number of urea groups is 1. The van der Waals surface area contributed by atoms with Crippen molar-refractivity contribution < 1.29 is 19.6 Å². The van der Waals surface area contributed by atoms with Gasteiger partial charge in [0.2, 0.25) is 0 Å². The number of benzene rings is 2. The van der Waals surface area contributed by atoms with Crippen molar-refractivity contribution in [1.29, 1.82) is 0 Å². The maximum atomic E-state index is 12.1. The maximum absolute atomic E-state index is 12.1.